The summed E-state index contributed by atoms with van der Waals surface area (Å²) in [7, 11) is 0. The molecule has 0 fully saturated rings. The number of anilines is 2. The number of benzene rings is 1. The maximum absolute atomic E-state index is 12.0. The van der Waals surface area contributed by atoms with Crippen LogP contribution < -0.4 is 10.6 Å². The zero-order valence-corrected chi connectivity index (χ0v) is 11.4. The van der Waals surface area contributed by atoms with E-state index < -0.39 is 0 Å². The SMILES string of the molecule is C=CCNc1cnc(C(=O)Nc2ccccc2Cl)cn1. The number of para-hydroxylation sites is 1. The third-order valence-corrected chi connectivity index (χ3v) is 2.76. The van der Waals surface area contributed by atoms with E-state index in [-0.39, 0.29) is 11.6 Å². The Kier molecular flexibility index (Phi) is 4.68. The monoisotopic (exact) mass is 288 g/mol. The van der Waals surface area contributed by atoms with E-state index in [1.54, 1.807) is 30.3 Å². The van der Waals surface area contributed by atoms with Crippen molar-refractivity contribution in [2.24, 2.45) is 0 Å². The van der Waals surface area contributed by atoms with Gasteiger partial charge in [-0.25, -0.2) is 9.97 Å². The number of nitrogens with zero attached hydrogens (tertiary/aromatic N) is 2. The Balaban J connectivity index is 2.06. The molecule has 6 heteroatoms. The van der Waals surface area contributed by atoms with Gasteiger partial charge in [-0.05, 0) is 12.1 Å². The van der Waals surface area contributed by atoms with Crippen molar-refractivity contribution >= 4 is 29.0 Å². The molecule has 0 radical (unpaired) electrons. The maximum Gasteiger partial charge on any atom is 0.275 e. The number of carbonyl (C=O) groups excluding carboxylic acids is 1. The molecule has 0 aliphatic carbocycles. The number of carbonyl (C=O) groups is 1. The highest BCUT2D eigenvalue weighted by Crippen LogP contribution is 2.20. The van der Waals surface area contributed by atoms with Crippen LogP contribution in [0.2, 0.25) is 5.02 Å². The van der Waals surface area contributed by atoms with Crippen molar-refractivity contribution in [3.63, 3.8) is 0 Å². The van der Waals surface area contributed by atoms with Crippen LogP contribution in [0.3, 0.4) is 0 Å². The molecular weight excluding hydrogens is 276 g/mol. The van der Waals surface area contributed by atoms with Crippen molar-refractivity contribution in [1.82, 2.24) is 9.97 Å². The van der Waals surface area contributed by atoms with Gasteiger partial charge in [-0.3, -0.25) is 4.79 Å². The molecule has 1 aromatic heterocycles. The summed E-state index contributed by atoms with van der Waals surface area (Å²) < 4.78 is 0. The Hall–Kier alpha value is -2.40. The number of amides is 1. The van der Waals surface area contributed by atoms with Gasteiger partial charge in [0.25, 0.3) is 5.91 Å². The van der Waals surface area contributed by atoms with Gasteiger partial charge in [-0.2, -0.15) is 0 Å². The van der Waals surface area contributed by atoms with Gasteiger partial charge in [0.15, 0.2) is 0 Å². The fraction of sp³-hybridized carbons (Fsp3) is 0.0714. The summed E-state index contributed by atoms with van der Waals surface area (Å²) in [4.78, 5) is 20.1. The summed E-state index contributed by atoms with van der Waals surface area (Å²) in [5.41, 5.74) is 0.754. The molecule has 1 heterocycles. The Morgan fingerprint density at radius 3 is 2.75 bits per heavy atom. The van der Waals surface area contributed by atoms with Crippen molar-refractivity contribution in [3.8, 4) is 0 Å². The van der Waals surface area contributed by atoms with E-state index in [0.29, 0.717) is 23.1 Å². The van der Waals surface area contributed by atoms with Crippen LogP contribution in [0, 0.1) is 0 Å². The van der Waals surface area contributed by atoms with E-state index in [1.165, 1.54) is 12.4 Å². The topological polar surface area (TPSA) is 66.9 Å². The summed E-state index contributed by atoms with van der Waals surface area (Å²) in [5, 5.41) is 6.12. The standard InChI is InChI=1S/C14H13ClN4O/c1-2-7-16-13-9-17-12(8-18-13)14(20)19-11-6-4-3-5-10(11)15/h2-6,8-9H,1,7H2,(H,16,18)(H,19,20). The highest BCUT2D eigenvalue weighted by Gasteiger charge is 2.09. The van der Waals surface area contributed by atoms with Crippen LogP contribution in [-0.2, 0) is 0 Å². The molecular formula is C14H13ClN4O. The molecule has 0 unspecified atom stereocenters. The highest BCUT2D eigenvalue weighted by molar-refractivity contribution is 6.33. The van der Waals surface area contributed by atoms with Crippen molar-refractivity contribution in [1.29, 1.82) is 0 Å². The largest absolute Gasteiger partial charge is 0.365 e. The van der Waals surface area contributed by atoms with Gasteiger partial charge in [0.2, 0.25) is 0 Å². The minimum atomic E-state index is -0.360. The first-order chi connectivity index (χ1) is 9.70. The van der Waals surface area contributed by atoms with E-state index in [1.807, 2.05) is 0 Å². The maximum atomic E-state index is 12.0. The number of hydrogen-bond donors (Lipinski definition) is 2. The molecule has 0 saturated heterocycles. The average molecular weight is 289 g/mol. The van der Waals surface area contributed by atoms with Crippen LogP contribution in [0.15, 0.2) is 49.3 Å². The summed E-state index contributed by atoms with van der Waals surface area (Å²) in [5.74, 6) is 0.222. The van der Waals surface area contributed by atoms with Crippen LogP contribution in [0.25, 0.3) is 0 Å². The summed E-state index contributed by atoms with van der Waals surface area (Å²) in [6.07, 6.45) is 4.60. The number of rotatable bonds is 5. The van der Waals surface area contributed by atoms with Crippen molar-refractivity contribution < 1.29 is 4.79 Å². The van der Waals surface area contributed by atoms with Gasteiger partial charge >= 0.3 is 0 Å². The van der Waals surface area contributed by atoms with Crippen molar-refractivity contribution in [2.75, 3.05) is 17.2 Å². The third kappa shape index (κ3) is 3.55. The van der Waals surface area contributed by atoms with Crippen LogP contribution in [0.4, 0.5) is 11.5 Å². The first kappa shape index (κ1) is 14.0. The van der Waals surface area contributed by atoms with Crippen LogP contribution >= 0.6 is 11.6 Å². The zero-order valence-electron chi connectivity index (χ0n) is 10.6. The molecule has 0 bridgehead atoms. The first-order valence-corrected chi connectivity index (χ1v) is 6.31. The molecule has 0 saturated carbocycles. The van der Waals surface area contributed by atoms with E-state index in [4.69, 9.17) is 11.6 Å². The summed E-state index contributed by atoms with van der Waals surface area (Å²) in [6, 6.07) is 6.99. The predicted octanol–water partition coefficient (Wildman–Crippen LogP) is 2.98. The van der Waals surface area contributed by atoms with E-state index >= 15 is 0 Å². The van der Waals surface area contributed by atoms with Crippen molar-refractivity contribution in [2.45, 2.75) is 0 Å². The lowest BCUT2D eigenvalue weighted by molar-refractivity contribution is 0.102. The number of aromatic nitrogens is 2. The number of nitrogens with one attached hydrogen (secondary N) is 2. The Labute approximate surface area is 121 Å². The van der Waals surface area contributed by atoms with Crippen molar-refractivity contribution in [3.05, 3.63) is 60.0 Å². The average Bonchev–Trinajstić information content (AvgIpc) is 2.48. The normalized spacial score (nSPS) is 9.85. The quantitative estimate of drug-likeness (QED) is 0.830. The van der Waals surface area contributed by atoms with Gasteiger partial charge in [-0.15, -0.1) is 6.58 Å². The highest BCUT2D eigenvalue weighted by atomic mass is 35.5. The lowest BCUT2D eigenvalue weighted by atomic mass is 10.3. The molecule has 102 valence electrons. The van der Waals surface area contributed by atoms with E-state index in [9.17, 15) is 4.79 Å². The summed E-state index contributed by atoms with van der Waals surface area (Å²) >= 11 is 5.97. The van der Waals surface area contributed by atoms with Crippen LogP contribution in [0.5, 0.6) is 0 Å². The molecule has 5 nitrogen and oxygen atoms in total. The lowest BCUT2D eigenvalue weighted by Gasteiger charge is -2.07. The molecule has 0 spiro atoms. The fourth-order valence-electron chi connectivity index (χ4n) is 1.46. The Morgan fingerprint density at radius 2 is 2.10 bits per heavy atom. The van der Waals surface area contributed by atoms with Gasteiger partial charge in [0, 0.05) is 6.54 Å². The van der Waals surface area contributed by atoms with Gasteiger partial charge in [-0.1, -0.05) is 29.8 Å². The number of halogens is 1. The molecule has 0 aliphatic rings. The van der Waals surface area contributed by atoms with Crippen LogP contribution in [-0.4, -0.2) is 22.4 Å². The fourth-order valence-corrected chi connectivity index (χ4v) is 1.65. The molecule has 2 aromatic rings. The second kappa shape index (κ2) is 6.68. The molecule has 0 atom stereocenters. The molecule has 20 heavy (non-hydrogen) atoms. The molecule has 0 aliphatic heterocycles. The van der Waals surface area contributed by atoms with Gasteiger partial charge in [0.1, 0.15) is 11.5 Å². The zero-order chi connectivity index (χ0) is 14.4. The smallest absolute Gasteiger partial charge is 0.275 e. The minimum absolute atomic E-state index is 0.217. The number of hydrogen-bond acceptors (Lipinski definition) is 4. The molecule has 2 rings (SSSR count). The van der Waals surface area contributed by atoms with Crippen LogP contribution in [0.1, 0.15) is 10.5 Å². The Morgan fingerprint density at radius 1 is 1.30 bits per heavy atom. The first-order valence-electron chi connectivity index (χ1n) is 5.93. The third-order valence-electron chi connectivity index (χ3n) is 2.43. The van der Waals surface area contributed by atoms with Gasteiger partial charge < -0.3 is 10.6 Å². The summed E-state index contributed by atoms with van der Waals surface area (Å²) in [6.45, 7) is 4.17. The Bertz CT molecular complexity index is 613. The van der Waals surface area contributed by atoms with E-state index in [2.05, 4.69) is 27.2 Å². The minimum Gasteiger partial charge on any atom is -0.365 e. The predicted molar refractivity (Wildman–Crippen MR) is 80.1 cm³/mol. The molecule has 2 N–H and O–H groups in total. The molecule has 1 amide bonds. The second-order valence-corrected chi connectivity index (χ2v) is 4.30. The van der Waals surface area contributed by atoms with Gasteiger partial charge in [0.05, 0.1) is 23.1 Å². The lowest BCUT2D eigenvalue weighted by Crippen LogP contribution is -2.14. The molecule has 1 aromatic carbocycles. The van der Waals surface area contributed by atoms with E-state index in [0.717, 1.165) is 0 Å². The second-order valence-electron chi connectivity index (χ2n) is 3.89.